The molecule has 0 aromatic heterocycles. The second-order valence-electron chi connectivity index (χ2n) is 4.93. The van der Waals surface area contributed by atoms with E-state index in [2.05, 4.69) is 41.1 Å². The van der Waals surface area contributed by atoms with Crippen LogP contribution < -0.4 is 4.74 Å². The highest BCUT2D eigenvalue weighted by Crippen LogP contribution is 2.38. The number of fused-ring (bicyclic) bond motifs is 1. The topological polar surface area (TPSA) is 18.5 Å². The van der Waals surface area contributed by atoms with E-state index in [1.54, 1.807) is 0 Å². The third kappa shape index (κ3) is 2.23. The second-order valence-corrected chi connectivity index (χ2v) is 5.92. The fraction of sp³-hybridized carbons (Fsp3) is 0.571. The van der Waals surface area contributed by atoms with Gasteiger partial charge in [-0.05, 0) is 37.0 Å². The van der Waals surface area contributed by atoms with Gasteiger partial charge in [-0.25, -0.2) is 0 Å². The van der Waals surface area contributed by atoms with Crippen LogP contribution >= 0.6 is 15.9 Å². The van der Waals surface area contributed by atoms with Crippen molar-refractivity contribution in [2.24, 2.45) is 0 Å². The minimum atomic E-state index is 0.304. The predicted molar refractivity (Wildman–Crippen MR) is 70.9 cm³/mol. The molecule has 1 saturated heterocycles. The maximum absolute atomic E-state index is 5.92. The number of benzene rings is 1. The number of alkyl halides is 1. The average Bonchev–Trinajstić information content (AvgIpc) is 2.95. The molecule has 0 aliphatic carbocycles. The first-order valence-corrected chi connectivity index (χ1v) is 7.21. The summed E-state index contributed by atoms with van der Waals surface area (Å²) in [6.45, 7) is 2.97. The maximum Gasteiger partial charge on any atom is 0.122 e. The number of halogens is 1. The first kappa shape index (κ1) is 11.5. The molecule has 0 radical (unpaired) electrons. The molecule has 1 aromatic rings. The Labute approximate surface area is 110 Å². The summed E-state index contributed by atoms with van der Waals surface area (Å²) in [4.78, 5) is 0.304. The lowest BCUT2D eigenvalue weighted by atomic mass is 10.0. The number of rotatable bonds is 2. The lowest BCUT2D eigenvalue weighted by Gasteiger charge is -2.18. The summed E-state index contributed by atoms with van der Waals surface area (Å²) in [6.07, 6.45) is 4.05. The number of ether oxygens (including phenoxy) is 2. The number of hydrogen-bond donors (Lipinski definition) is 0. The van der Waals surface area contributed by atoms with E-state index < -0.39 is 0 Å². The molecule has 2 aliphatic rings. The van der Waals surface area contributed by atoms with E-state index in [9.17, 15) is 0 Å². The van der Waals surface area contributed by atoms with Gasteiger partial charge in [0.15, 0.2) is 0 Å². The van der Waals surface area contributed by atoms with Gasteiger partial charge in [0.05, 0.1) is 23.6 Å². The van der Waals surface area contributed by atoms with E-state index in [0.29, 0.717) is 17.0 Å². The van der Waals surface area contributed by atoms with E-state index in [4.69, 9.17) is 9.47 Å². The summed E-state index contributed by atoms with van der Waals surface area (Å²) in [6, 6.07) is 6.49. The standard InChI is InChI=1S/C14H17BrO2/c1-9-2-4-13(17-9)14(15)11-3-5-12-10(8-11)6-7-16-12/h3,5,8-9,13-14H,2,4,6-7H2,1H3. The number of hydrogen-bond acceptors (Lipinski definition) is 2. The van der Waals surface area contributed by atoms with Gasteiger partial charge in [-0.2, -0.15) is 0 Å². The fourth-order valence-electron chi connectivity index (χ4n) is 2.64. The van der Waals surface area contributed by atoms with Gasteiger partial charge in [0.25, 0.3) is 0 Å². The van der Waals surface area contributed by atoms with Gasteiger partial charge >= 0.3 is 0 Å². The van der Waals surface area contributed by atoms with Crippen LogP contribution in [0.25, 0.3) is 0 Å². The smallest absolute Gasteiger partial charge is 0.122 e. The SMILES string of the molecule is CC1CCC(C(Br)c2ccc3c(c2)CCO3)O1. The Bertz CT molecular complexity index is 419. The van der Waals surface area contributed by atoms with Crippen molar-refractivity contribution in [3.63, 3.8) is 0 Å². The van der Waals surface area contributed by atoms with Gasteiger partial charge in [0.1, 0.15) is 5.75 Å². The molecule has 2 aliphatic heterocycles. The minimum Gasteiger partial charge on any atom is -0.493 e. The lowest BCUT2D eigenvalue weighted by molar-refractivity contribution is 0.0557. The summed E-state index contributed by atoms with van der Waals surface area (Å²) in [5.41, 5.74) is 2.64. The van der Waals surface area contributed by atoms with Crippen molar-refractivity contribution in [3.8, 4) is 5.75 Å². The Morgan fingerprint density at radius 3 is 3.00 bits per heavy atom. The van der Waals surface area contributed by atoms with E-state index in [1.807, 2.05) is 0 Å². The predicted octanol–water partition coefficient (Wildman–Crippen LogP) is 3.63. The largest absolute Gasteiger partial charge is 0.493 e. The summed E-state index contributed by atoms with van der Waals surface area (Å²) < 4.78 is 11.4. The van der Waals surface area contributed by atoms with Crippen LogP contribution in [0.4, 0.5) is 0 Å². The summed E-state index contributed by atoms with van der Waals surface area (Å²) >= 11 is 3.78. The Morgan fingerprint density at radius 2 is 2.24 bits per heavy atom. The highest BCUT2D eigenvalue weighted by Gasteiger charge is 2.29. The van der Waals surface area contributed by atoms with Gasteiger partial charge in [-0.3, -0.25) is 0 Å². The molecule has 1 aromatic carbocycles. The molecular weight excluding hydrogens is 280 g/mol. The van der Waals surface area contributed by atoms with Crippen LogP contribution in [-0.4, -0.2) is 18.8 Å². The fourth-order valence-corrected chi connectivity index (χ4v) is 3.32. The van der Waals surface area contributed by atoms with Crippen molar-refractivity contribution >= 4 is 15.9 Å². The van der Waals surface area contributed by atoms with E-state index in [-0.39, 0.29) is 0 Å². The Hall–Kier alpha value is -0.540. The molecular formula is C14H17BrO2. The van der Waals surface area contributed by atoms with Crippen molar-refractivity contribution in [2.45, 2.75) is 43.2 Å². The zero-order valence-corrected chi connectivity index (χ0v) is 11.6. The van der Waals surface area contributed by atoms with Gasteiger partial charge < -0.3 is 9.47 Å². The quantitative estimate of drug-likeness (QED) is 0.776. The Morgan fingerprint density at radius 1 is 1.35 bits per heavy atom. The Balaban J connectivity index is 1.79. The highest BCUT2D eigenvalue weighted by molar-refractivity contribution is 9.09. The van der Waals surface area contributed by atoms with Crippen LogP contribution in [0.15, 0.2) is 18.2 Å². The molecule has 17 heavy (non-hydrogen) atoms. The first-order valence-electron chi connectivity index (χ1n) is 6.29. The summed E-state index contributed by atoms with van der Waals surface area (Å²) in [5.74, 6) is 1.05. The Kier molecular flexibility index (Phi) is 3.14. The first-order chi connectivity index (χ1) is 8.24. The molecule has 0 amide bonds. The van der Waals surface area contributed by atoms with Gasteiger partial charge in [-0.15, -0.1) is 0 Å². The molecule has 3 atom stereocenters. The molecule has 0 bridgehead atoms. The van der Waals surface area contributed by atoms with Crippen LogP contribution in [-0.2, 0) is 11.2 Å². The zero-order valence-electron chi connectivity index (χ0n) is 9.99. The summed E-state index contributed by atoms with van der Waals surface area (Å²) in [5, 5.41) is 0. The van der Waals surface area contributed by atoms with Crippen molar-refractivity contribution < 1.29 is 9.47 Å². The maximum atomic E-state index is 5.92. The zero-order chi connectivity index (χ0) is 11.8. The van der Waals surface area contributed by atoms with E-state index in [1.165, 1.54) is 17.5 Å². The molecule has 92 valence electrons. The second kappa shape index (κ2) is 4.62. The molecule has 0 saturated carbocycles. The average molecular weight is 297 g/mol. The van der Waals surface area contributed by atoms with Crippen LogP contribution in [0.2, 0.25) is 0 Å². The molecule has 3 rings (SSSR count). The van der Waals surface area contributed by atoms with Gasteiger partial charge in [-0.1, -0.05) is 28.1 Å². The van der Waals surface area contributed by atoms with Crippen molar-refractivity contribution in [2.75, 3.05) is 6.61 Å². The van der Waals surface area contributed by atoms with Crippen molar-refractivity contribution in [1.29, 1.82) is 0 Å². The summed E-state index contributed by atoms with van der Waals surface area (Å²) in [7, 11) is 0. The van der Waals surface area contributed by atoms with E-state index >= 15 is 0 Å². The van der Waals surface area contributed by atoms with Crippen molar-refractivity contribution in [1.82, 2.24) is 0 Å². The molecule has 3 heteroatoms. The van der Waals surface area contributed by atoms with Gasteiger partial charge in [0, 0.05) is 6.42 Å². The molecule has 2 heterocycles. The van der Waals surface area contributed by atoms with Crippen LogP contribution in [0.5, 0.6) is 5.75 Å². The molecule has 3 unspecified atom stereocenters. The normalized spacial score (nSPS) is 28.8. The molecule has 2 nitrogen and oxygen atoms in total. The molecule has 0 N–H and O–H groups in total. The molecule has 0 spiro atoms. The third-order valence-electron chi connectivity index (χ3n) is 3.62. The van der Waals surface area contributed by atoms with Crippen LogP contribution in [0.3, 0.4) is 0 Å². The van der Waals surface area contributed by atoms with Crippen LogP contribution in [0, 0.1) is 0 Å². The lowest BCUT2D eigenvalue weighted by Crippen LogP contribution is -2.14. The van der Waals surface area contributed by atoms with Crippen LogP contribution in [0.1, 0.15) is 35.7 Å². The third-order valence-corrected chi connectivity index (χ3v) is 4.74. The van der Waals surface area contributed by atoms with Crippen molar-refractivity contribution in [3.05, 3.63) is 29.3 Å². The molecule has 1 fully saturated rings. The highest BCUT2D eigenvalue weighted by atomic mass is 79.9. The monoisotopic (exact) mass is 296 g/mol. The minimum absolute atomic E-state index is 0.304. The van der Waals surface area contributed by atoms with Gasteiger partial charge in [0.2, 0.25) is 0 Å². The van der Waals surface area contributed by atoms with E-state index in [0.717, 1.165) is 25.2 Å².